The molecule has 120 valence electrons. The third-order valence-corrected chi connectivity index (χ3v) is 4.29. The number of hydrogen-bond donors (Lipinski definition) is 0. The molecule has 0 fully saturated rings. The van der Waals surface area contributed by atoms with Gasteiger partial charge in [-0.2, -0.15) is 0 Å². The standard InChI is InChI=1S/C19H19N5/c1-14-6-5-7-16(12-14)24-13-15(21-22-24)10-11-19-20-17-8-3-4-9-18(17)23(19)2/h3-9,12-13H,10-11H2,1-2H3. The molecule has 4 rings (SSSR count). The maximum absolute atomic E-state index is 4.71. The Bertz CT molecular complexity index is 996. The maximum Gasteiger partial charge on any atom is 0.109 e. The second-order valence-corrected chi connectivity index (χ2v) is 6.07. The monoisotopic (exact) mass is 317 g/mol. The van der Waals surface area contributed by atoms with Crippen LogP contribution in [0.5, 0.6) is 0 Å². The molecule has 2 aromatic carbocycles. The second-order valence-electron chi connectivity index (χ2n) is 6.07. The number of fused-ring (bicyclic) bond motifs is 1. The molecule has 2 aromatic heterocycles. The van der Waals surface area contributed by atoms with Crippen LogP contribution in [0.2, 0.25) is 0 Å². The Morgan fingerprint density at radius 2 is 1.88 bits per heavy atom. The molecule has 5 heteroatoms. The lowest BCUT2D eigenvalue weighted by molar-refractivity contribution is 0.764. The second kappa shape index (κ2) is 5.92. The first kappa shape index (κ1) is 14.6. The third kappa shape index (κ3) is 2.69. The molecule has 0 N–H and O–H groups in total. The third-order valence-electron chi connectivity index (χ3n) is 4.29. The van der Waals surface area contributed by atoms with Gasteiger partial charge in [-0.15, -0.1) is 5.10 Å². The summed E-state index contributed by atoms with van der Waals surface area (Å²) in [6.07, 6.45) is 3.66. The summed E-state index contributed by atoms with van der Waals surface area (Å²) >= 11 is 0. The number of para-hydroxylation sites is 2. The SMILES string of the molecule is Cc1cccc(-n2cc(CCc3nc4ccccc4n3C)nn2)c1. The van der Waals surface area contributed by atoms with Gasteiger partial charge < -0.3 is 4.57 Å². The highest BCUT2D eigenvalue weighted by Crippen LogP contribution is 2.16. The minimum Gasteiger partial charge on any atom is -0.331 e. The lowest BCUT2D eigenvalue weighted by atomic mass is 10.2. The van der Waals surface area contributed by atoms with E-state index in [-0.39, 0.29) is 0 Å². The van der Waals surface area contributed by atoms with Gasteiger partial charge in [0.2, 0.25) is 0 Å². The van der Waals surface area contributed by atoms with Gasteiger partial charge in [-0.3, -0.25) is 0 Å². The van der Waals surface area contributed by atoms with Crippen LogP contribution in [0.4, 0.5) is 0 Å². The van der Waals surface area contributed by atoms with Crippen LogP contribution in [0.1, 0.15) is 17.1 Å². The summed E-state index contributed by atoms with van der Waals surface area (Å²) < 4.78 is 3.98. The van der Waals surface area contributed by atoms with Crippen molar-refractivity contribution in [2.24, 2.45) is 7.05 Å². The van der Waals surface area contributed by atoms with Crippen LogP contribution in [-0.2, 0) is 19.9 Å². The summed E-state index contributed by atoms with van der Waals surface area (Å²) in [5, 5.41) is 8.54. The molecule has 0 bridgehead atoms. The number of aromatic nitrogens is 5. The summed E-state index contributed by atoms with van der Waals surface area (Å²) in [4.78, 5) is 4.71. The number of hydrogen-bond acceptors (Lipinski definition) is 3. The predicted octanol–water partition coefficient (Wildman–Crippen LogP) is 3.25. The van der Waals surface area contributed by atoms with E-state index in [1.807, 2.05) is 41.2 Å². The van der Waals surface area contributed by atoms with Crippen molar-refractivity contribution < 1.29 is 0 Å². The summed E-state index contributed by atoms with van der Waals surface area (Å²) in [6.45, 7) is 2.08. The highest BCUT2D eigenvalue weighted by molar-refractivity contribution is 5.75. The Hall–Kier alpha value is -2.95. The minimum absolute atomic E-state index is 0.822. The molecule has 0 saturated carbocycles. The van der Waals surface area contributed by atoms with Gasteiger partial charge in [-0.1, -0.05) is 29.5 Å². The molecule has 4 aromatic rings. The fraction of sp³-hybridized carbons (Fsp3) is 0.211. The Morgan fingerprint density at radius 1 is 1.00 bits per heavy atom. The van der Waals surface area contributed by atoms with Crippen molar-refractivity contribution in [2.45, 2.75) is 19.8 Å². The van der Waals surface area contributed by atoms with E-state index in [9.17, 15) is 0 Å². The first-order chi connectivity index (χ1) is 11.7. The predicted molar refractivity (Wildman–Crippen MR) is 94.2 cm³/mol. The van der Waals surface area contributed by atoms with Crippen LogP contribution < -0.4 is 0 Å². The molecule has 5 nitrogen and oxygen atoms in total. The first-order valence-corrected chi connectivity index (χ1v) is 8.09. The Labute approximate surface area is 140 Å². The summed E-state index contributed by atoms with van der Waals surface area (Å²) in [7, 11) is 2.06. The molecule has 0 aliphatic rings. The topological polar surface area (TPSA) is 48.5 Å². The smallest absolute Gasteiger partial charge is 0.109 e. The van der Waals surface area contributed by atoms with E-state index in [4.69, 9.17) is 4.98 Å². The zero-order valence-electron chi connectivity index (χ0n) is 13.8. The molecule has 0 aliphatic carbocycles. The van der Waals surface area contributed by atoms with Crippen molar-refractivity contribution in [1.29, 1.82) is 0 Å². The molecule has 0 aliphatic heterocycles. The molecule has 0 atom stereocenters. The van der Waals surface area contributed by atoms with E-state index in [0.717, 1.165) is 41.1 Å². The molecule has 0 spiro atoms. The number of aryl methyl sites for hydroxylation is 4. The van der Waals surface area contributed by atoms with Crippen LogP contribution in [0, 0.1) is 6.92 Å². The molecular weight excluding hydrogens is 298 g/mol. The normalized spacial score (nSPS) is 11.2. The van der Waals surface area contributed by atoms with Gasteiger partial charge in [0.25, 0.3) is 0 Å². The minimum atomic E-state index is 0.822. The van der Waals surface area contributed by atoms with E-state index in [1.165, 1.54) is 5.56 Å². The Balaban J connectivity index is 1.53. The number of nitrogens with zero attached hydrogens (tertiary/aromatic N) is 5. The number of benzene rings is 2. The van der Waals surface area contributed by atoms with Crippen LogP contribution in [0.25, 0.3) is 16.7 Å². The van der Waals surface area contributed by atoms with Crippen molar-refractivity contribution in [2.75, 3.05) is 0 Å². The van der Waals surface area contributed by atoms with Crippen LogP contribution in [0.15, 0.2) is 54.7 Å². The zero-order valence-corrected chi connectivity index (χ0v) is 13.8. The first-order valence-electron chi connectivity index (χ1n) is 8.09. The van der Waals surface area contributed by atoms with Crippen molar-refractivity contribution in [3.8, 4) is 5.69 Å². The number of imidazole rings is 1. The molecule has 0 unspecified atom stereocenters. The molecule has 2 heterocycles. The fourth-order valence-electron chi connectivity index (χ4n) is 2.97. The summed E-state index contributed by atoms with van der Waals surface area (Å²) in [6, 6.07) is 16.5. The molecule has 0 radical (unpaired) electrons. The van der Waals surface area contributed by atoms with Gasteiger partial charge in [0.05, 0.1) is 28.6 Å². The van der Waals surface area contributed by atoms with E-state index >= 15 is 0 Å². The van der Waals surface area contributed by atoms with Gasteiger partial charge in [0.15, 0.2) is 0 Å². The van der Waals surface area contributed by atoms with Crippen LogP contribution in [-0.4, -0.2) is 24.5 Å². The lowest BCUT2D eigenvalue weighted by Gasteiger charge is -2.01. The largest absolute Gasteiger partial charge is 0.331 e. The van der Waals surface area contributed by atoms with Gasteiger partial charge in [-0.25, -0.2) is 9.67 Å². The Kier molecular flexibility index (Phi) is 3.61. The van der Waals surface area contributed by atoms with Crippen LogP contribution in [0.3, 0.4) is 0 Å². The quantitative estimate of drug-likeness (QED) is 0.580. The van der Waals surface area contributed by atoms with Crippen molar-refractivity contribution >= 4 is 11.0 Å². The summed E-state index contributed by atoms with van der Waals surface area (Å²) in [5.41, 5.74) is 5.43. The van der Waals surface area contributed by atoms with Gasteiger partial charge in [0, 0.05) is 19.9 Å². The average Bonchev–Trinajstić information content (AvgIpc) is 3.19. The van der Waals surface area contributed by atoms with Gasteiger partial charge >= 0.3 is 0 Å². The van der Waals surface area contributed by atoms with Gasteiger partial charge in [-0.05, 0) is 36.8 Å². The highest BCUT2D eigenvalue weighted by atomic mass is 15.4. The highest BCUT2D eigenvalue weighted by Gasteiger charge is 2.09. The maximum atomic E-state index is 4.71. The van der Waals surface area contributed by atoms with E-state index < -0.39 is 0 Å². The molecule has 24 heavy (non-hydrogen) atoms. The average molecular weight is 317 g/mol. The van der Waals surface area contributed by atoms with E-state index in [0.29, 0.717) is 0 Å². The van der Waals surface area contributed by atoms with E-state index in [1.54, 1.807) is 0 Å². The van der Waals surface area contributed by atoms with E-state index in [2.05, 4.69) is 47.0 Å². The van der Waals surface area contributed by atoms with Gasteiger partial charge in [0.1, 0.15) is 5.82 Å². The summed E-state index contributed by atoms with van der Waals surface area (Å²) in [5.74, 6) is 1.07. The zero-order chi connectivity index (χ0) is 16.5. The van der Waals surface area contributed by atoms with Crippen molar-refractivity contribution in [3.63, 3.8) is 0 Å². The van der Waals surface area contributed by atoms with Crippen molar-refractivity contribution in [1.82, 2.24) is 24.5 Å². The van der Waals surface area contributed by atoms with Crippen LogP contribution >= 0.6 is 0 Å². The number of rotatable bonds is 4. The fourth-order valence-corrected chi connectivity index (χ4v) is 2.97. The van der Waals surface area contributed by atoms with Crippen molar-refractivity contribution in [3.05, 3.63) is 71.8 Å². The Morgan fingerprint density at radius 3 is 2.71 bits per heavy atom. The molecule has 0 saturated heterocycles. The molecule has 0 amide bonds. The molecular formula is C19H19N5. The lowest BCUT2D eigenvalue weighted by Crippen LogP contribution is -2.00.